The molecule has 1 aliphatic carbocycles. The van der Waals surface area contributed by atoms with Crippen LogP contribution >= 0.6 is 0 Å². The molecule has 2 saturated heterocycles. The van der Waals surface area contributed by atoms with Gasteiger partial charge in [0.25, 0.3) is 0 Å². The molecule has 0 aromatic heterocycles. The van der Waals surface area contributed by atoms with Crippen LogP contribution in [0.1, 0.15) is 6.42 Å². The highest BCUT2D eigenvalue weighted by Crippen LogP contribution is 2.29. The molecule has 3 fully saturated rings. The summed E-state index contributed by atoms with van der Waals surface area (Å²) in [4.78, 5) is 0. The molecule has 2 heterocycles. The van der Waals surface area contributed by atoms with Crippen molar-refractivity contribution in [3.8, 4) is 0 Å². The van der Waals surface area contributed by atoms with Crippen molar-refractivity contribution in [2.24, 2.45) is 22.9 Å². The molecule has 11 N–H and O–H groups in total. The van der Waals surface area contributed by atoms with Gasteiger partial charge in [-0.3, -0.25) is 0 Å². The Labute approximate surface area is 151 Å². The molecule has 0 radical (unpaired) electrons. The van der Waals surface area contributed by atoms with Crippen molar-refractivity contribution in [3.63, 3.8) is 0 Å². The molecule has 0 unspecified atom stereocenters. The first-order valence-corrected chi connectivity index (χ1v) is 8.88. The standard InChI is InChI=1S/C15H30N4O7/c16-2-8-11(21)12(22)9(19)15(25-8)26-13-7(18)1-6(17)10(20)14(13)24-4-5-3-23-5/h5-15,20-22H,1-4,16-19H2/t5-,6+,7-,8+,9+,10-,11+,12+,13+,14+,15+/m0/s1. The number of hydrogen-bond acceptors (Lipinski definition) is 11. The first-order valence-electron chi connectivity index (χ1n) is 8.88. The van der Waals surface area contributed by atoms with Crippen LogP contribution in [0.25, 0.3) is 0 Å². The Kier molecular flexibility index (Phi) is 6.47. The number of hydrogen-bond donors (Lipinski definition) is 7. The van der Waals surface area contributed by atoms with Gasteiger partial charge in [0.05, 0.1) is 25.4 Å². The van der Waals surface area contributed by atoms with E-state index >= 15 is 0 Å². The van der Waals surface area contributed by atoms with Crippen molar-refractivity contribution in [3.05, 3.63) is 0 Å². The summed E-state index contributed by atoms with van der Waals surface area (Å²) < 4.78 is 22.4. The van der Waals surface area contributed by atoms with E-state index in [2.05, 4.69) is 0 Å². The zero-order valence-corrected chi connectivity index (χ0v) is 14.5. The largest absolute Gasteiger partial charge is 0.389 e. The summed E-state index contributed by atoms with van der Waals surface area (Å²) >= 11 is 0. The number of rotatable bonds is 6. The monoisotopic (exact) mass is 378 g/mol. The minimum Gasteiger partial charge on any atom is -0.389 e. The molecule has 11 nitrogen and oxygen atoms in total. The van der Waals surface area contributed by atoms with Gasteiger partial charge in [-0.05, 0) is 6.42 Å². The van der Waals surface area contributed by atoms with E-state index in [4.69, 9.17) is 41.9 Å². The zero-order valence-electron chi connectivity index (χ0n) is 14.5. The predicted molar refractivity (Wildman–Crippen MR) is 88.6 cm³/mol. The van der Waals surface area contributed by atoms with Crippen LogP contribution in [0.2, 0.25) is 0 Å². The third kappa shape index (κ3) is 4.18. The van der Waals surface area contributed by atoms with Crippen LogP contribution < -0.4 is 22.9 Å². The number of ether oxygens (including phenoxy) is 4. The first kappa shape index (κ1) is 20.3. The molecule has 0 aromatic carbocycles. The summed E-state index contributed by atoms with van der Waals surface area (Å²) in [7, 11) is 0. The topological polar surface area (TPSA) is 205 Å². The van der Waals surface area contributed by atoms with Gasteiger partial charge < -0.3 is 57.2 Å². The van der Waals surface area contributed by atoms with Crippen LogP contribution in [-0.2, 0) is 18.9 Å². The van der Waals surface area contributed by atoms with Gasteiger partial charge in [-0.1, -0.05) is 0 Å². The Bertz CT molecular complexity index is 469. The molecule has 3 rings (SSSR count). The molecule has 1 saturated carbocycles. The molecular formula is C15H30N4O7. The molecule has 3 aliphatic rings. The maximum Gasteiger partial charge on any atom is 0.176 e. The molecular weight excluding hydrogens is 348 g/mol. The van der Waals surface area contributed by atoms with Gasteiger partial charge in [0.1, 0.15) is 36.6 Å². The third-order valence-corrected chi connectivity index (χ3v) is 5.21. The predicted octanol–water partition coefficient (Wildman–Crippen LogP) is -4.69. The van der Waals surface area contributed by atoms with E-state index in [1.54, 1.807) is 0 Å². The minimum atomic E-state index is -1.27. The van der Waals surface area contributed by atoms with Gasteiger partial charge in [0.2, 0.25) is 0 Å². The number of nitrogens with two attached hydrogens (primary N) is 4. The molecule has 11 atom stereocenters. The lowest BCUT2D eigenvalue weighted by atomic mass is 9.84. The fourth-order valence-corrected chi connectivity index (χ4v) is 3.45. The second-order valence-corrected chi connectivity index (χ2v) is 7.25. The van der Waals surface area contributed by atoms with Gasteiger partial charge in [0, 0.05) is 18.6 Å². The Hall–Kier alpha value is -0.440. The van der Waals surface area contributed by atoms with E-state index in [9.17, 15) is 15.3 Å². The highest BCUT2D eigenvalue weighted by Gasteiger charge is 2.49. The number of aliphatic hydroxyl groups is 3. The second kappa shape index (κ2) is 8.29. The van der Waals surface area contributed by atoms with Crippen molar-refractivity contribution in [2.75, 3.05) is 19.8 Å². The van der Waals surface area contributed by atoms with Gasteiger partial charge in [0.15, 0.2) is 6.29 Å². The summed E-state index contributed by atoms with van der Waals surface area (Å²) in [5, 5.41) is 30.5. The summed E-state index contributed by atoms with van der Waals surface area (Å²) in [6, 6.07) is -2.10. The Morgan fingerprint density at radius 1 is 0.962 bits per heavy atom. The lowest BCUT2D eigenvalue weighted by molar-refractivity contribution is -0.291. The SMILES string of the molecule is NC[C@H]1O[C@H](O[C@H]2[C@H](OC[C@@H]3CO3)[C@@H](O)[C@H](N)C[C@@H]2N)[C@H](N)[C@@H](O)[C@@H]1O. The van der Waals surface area contributed by atoms with Crippen LogP contribution in [0.15, 0.2) is 0 Å². The summed E-state index contributed by atoms with van der Waals surface area (Å²) in [5.74, 6) is 0. The van der Waals surface area contributed by atoms with Crippen LogP contribution in [0.4, 0.5) is 0 Å². The van der Waals surface area contributed by atoms with E-state index in [1.165, 1.54) is 0 Å². The van der Waals surface area contributed by atoms with Crippen LogP contribution in [0, 0.1) is 0 Å². The van der Waals surface area contributed by atoms with Crippen molar-refractivity contribution in [2.45, 2.75) is 73.6 Å². The van der Waals surface area contributed by atoms with E-state index in [-0.39, 0.29) is 19.3 Å². The van der Waals surface area contributed by atoms with Crippen molar-refractivity contribution >= 4 is 0 Å². The number of aliphatic hydroxyl groups excluding tert-OH is 3. The molecule has 11 heteroatoms. The van der Waals surface area contributed by atoms with E-state index in [1.807, 2.05) is 0 Å². The average Bonchev–Trinajstić information content (AvgIpc) is 3.43. The summed E-state index contributed by atoms with van der Waals surface area (Å²) in [6.45, 7) is 0.866. The van der Waals surface area contributed by atoms with Crippen LogP contribution in [0.5, 0.6) is 0 Å². The molecule has 26 heavy (non-hydrogen) atoms. The van der Waals surface area contributed by atoms with Crippen LogP contribution in [-0.4, -0.2) is 102 Å². The fourth-order valence-electron chi connectivity index (χ4n) is 3.45. The maximum absolute atomic E-state index is 10.4. The van der Waals surface area contributed by atoms with Gasteiger partial charge in [-0.2, -0.15) is 0 Å². The van der Waals surface area contributed by atoms with Crippen molar-refractivity contribution < 1.29 is 34.3 Å². The van der Waals surface area contributed by atoms with Crippen molar-refractivity contribution in [1.82, 2.24) is 0 Å². The number of epoxide rings is 1. The smallest absolute Gasteiger partial charge is 0.176 e. The van der Waals surface area contributed by atoms with E-state index in [0.29, 0.717) is 13.0 Å². The Morgan fingerprint density at radius 2 is 1.65 bits per heavy atom. The van der Waals surface area contributed by atoms with Gasteiger partial charge >= 0.3 is 0 Å². The zero-order chi connectivity index (χ0) is 19.0. The first-order chi connectivity index (χ1) is 12.3. The van der Waals surface area contributed by atoms with E-state index < -0.39 is 61.0 Å². The molecule has 0 spiro atoms. The highest BCUT2D eigenvalue weighted by atomic mass is 16.7. The van der Waals surface area contributed by atoms with Crippen LogP contribution in [0.3, 0.4) is 0 Å². The quantitative estimate of drug-likeness (QED) is 0.219. The van der Waals surface area contributed by atoms with Crippen molar-refractivity contribution in [1.29, 1.82) is 0 Å². The second-order valence-electron chi connectivity index (χ2n) is 7.25. The average molecular weight is 378 g/mol. The third-order valence-electron chi connectivity index (χ3n) is 5.21. The molecule has 0 bridgehead atoms. The summed E-state index contributed by atoms with van der Waals surface area (Å²) in [6.07, 6.45) is -6.62. The fraction of sp³-hybridized carbons (Fsp3) is 1.00. The van der Waals surface area contributed by atoms with Gasteiger partial charge in [-0.25, -0.2) is 0 Å². The molecule has 0 aromatic rings. The van der Waals surface area contributed by atoms with E-state index in [0.717, 1.165) is 0 Å². The Morgan fingerprint density at radius 3 is 2.27 bits per heavy atom. The molecule has 0 amide bonds. The molecule has 152 valence electrons. The maximum atomic E-state index is 10.4. The molecule has 2 aliphatic heterocycles. The summed E-state index contributed by atoms with van der Waals surface area (Å²) in [5.41, 5.74) is 23.6. The lowest BCUT2D eigenvalue weighted by Gasteiger charge is -2.46. The van der Waals surface area contributed by atoms with Gasteiger partial charge in [-0.15, -0.1) is 0 Å². The lowest BCUT2D eigenvalue weighted by Crippen LogP contribution is -2.67. The highest BCUT2D eigenvalue weighted by molar-refractivity contribution is 5.00. The minimum absolute atomic E-state index is 0.0102. The Balaban J connectivity index is 1.71. The normalized spacial score (nSPS) is 52.0.